The van der Waals surface area contributed by atoms with Crippen molar-refractivity contribution < 1.29 is 0 Å². The van der Waals surface area contributed by atoms with Crippen LogP contribution in [0, 0.1) is 11.8 Å². The SMILES string of the molecule is CN(C1CCCCC1)C1(CN)CC2CCC1C2. The van der Waals surface area contributed by atoms with E-state index in [9.17, 15) is 0 Å². The third-order valence-corrected chi connectivity index (χ3v) is 6.12. The molecule has 2 bridgehead atoms. The van der Waals surface area contributed by atoms with Gasteiger partial charge in [-0.15, -0.1) is 0 Å². The first-order chi connectivity index (χ1) is 8.26. The van der Waals surface area contributed by atoms with Crippen molar-refractivity contribution in [2.45, 2.75) is 69.4 Å². The van der Waals surface area contributed by atoms with Crippen LogP contribution in [0.25, 0.3) is 0 Å². The third-order valence-electron chi connectivity index (χ3n) is 6.12. The molecule has 0 radical (unpaired) electrons. The van der Waals surface area contributed by atoms with Crippen LogP contribution in [0.2, 0.25) is 0 Å². The van der Waals surface area contributed by atoms with Crippen LogP contribution in [0.5, 0.6) is 0 Å². The van der Waals surface area contributed by atoms with Gasteiger partial charge in [0.15, 0.2) is 0 Å². The molecule has 0 spiro atoms. The van der Waals surface area contributed by atoms with Gasteiger partial charge in [0, 0.05) is 18.1 Å². The van der Waals surface area contributed by atoms with Crippen molar-refractivity contribution in [3.05, 3.63) is 0 Å². The molecule has 0 aliphatic heterocycles. The van der Waals surface area contributed by atoms with Crippen LogP contribution in [0.3, 0.4) is 0 Å². The van der Waals surface area contributed by atoms with Crippen molar-refractivity contribution in [3.8, 4) is 0 Å². The minimum Gasteiger partial charge on any atom is -0.329 e. The maximum atomic E-state index is 6.22. The maximum Gasteiger partial charge on any atom is 0.0362 e. The van der Waals surface area contributed by atoms with E-state index in [-0.39, 0.29) is 0 Å². The Morgan fingerprint density at radius 1 is 1.12 bits per heavy atom. The summed E-state index contributed by atoms with van der Waals surface area (Å²) in [7, 11) is 2.38. The summed E-state index contributed by atoms with van der Waals surface area (Å²) in [5.41, 5.74) is 6.60. The maximum absolute atomic E-state index is 6.22. The predicted molar refractivity (Wildman–Crippen MR) is 71.9 cm³/mol. The summed E-state index contributed by atoms with van der Waals surface area (Å²) in [4.78, 5) is 2.73. The number of likely N-dealkylation sites (N-methyl/N-ethyl adjacent to an activating group) is 1. The molecule has 0 heterocycles. The van der Waals surface area contributed by atoms with Gasteiger partial charge in [0.2, 0.25) is 0 Å². The van der Waals surface area contributed by atoms with E-state index in [1.54, 1.807) is 0 Å². The van der Waals surface area contributed by atoms with Crippen LogP contribution in [0.15, 0.2) is 0 Å². The van der Waals surface area contributed by atoms with E-state index < -0.39 is 0 Å². The summed E-state index contributed by atoms with van der Waals surface area (Å²) in [6.07, 6.45) is 12.9. The van der Waals surface area contributed by atoms with E-state index in [4.69, 9.17) is 5.73 Å². The number of nitrogens with zero attached hydrogens (tertiary/aromatic N) is 1. The molecule has 3 saturated carbocycles. The highest BCUT2D eigenvalue weighted by Crippen LogP contribution is 2.53. The van der Waals surface area contributed by atoms with Crippen molar-refractivity contribution in [1.82, 2.24) is 4.90 Å². The van der Waals surface area contributed by atoms with E-state index in [0.717, 1.165) is 24.4 Å². The Morgan fingerprint density at radius 3 is 2.41 bits per heavy atom. The van der Waals surface area contributed by atoms with Gasteiger partial charge in [-0.25, -0.2) is 0 Å². The van der Waals surface area contributed by atoms with E-state index in [2.05, 4.69) is 11.9 Å². The summed E-state index contributed by atoms with van der Waals surface area (Å²) in [6, 6.07) is 0.826. The molecule has 0 saturated heterocycles. The fourth-order valence-electron chi connectivity index (χ4n) is 5.07. The Bertz CT molecular complexity index is 272. The van der Waals surface area contributed by atoms with E-state index in [1.807, 2.05) is 0 Å². The lowest BCUT2D eigenvalue weighted by Crippen LogP contribution is -2.59. The monoisotopic (exact) mass is 236 g/mol. The highest BCUT2D eigenvalue weighted by molar-refractivity contribution is 5.08. The van der Waals surface area contributed by atoms with Gasteiger partial charge in [0.1, 0.15) is 0 Å². The van der Waals surface area contributed by atoms with E-state index >= 15 is 0 Å². The van der Waals surface area contributed by atoms with Gasteiger partial charge in [-0.1, -0.05) is 25.7 Å². The highest BCUT2D eigenvalue weighted by Gasteiger charge is 2.53. The van der Waals surface area contributed by atoms with Crippen LogP contribution in [0.4, 0.5) is 0 Å². The Kier molecular flexibility index (Phi) is 3.20. The zero-order chi connectivity index (χ0) is 11.9. The van der Waals surface area contributed by atoms with Crippen LogP contribution in [0.1, 0.15) is 57.8 Å². The molecule has 2 heteroatoms. The Labute approximate surface area is 106 Å². The molecule has 0 amide bonds. The second kappa shape index (κ2) is 4.55. The molecular formula is C15H28N2. The van der Waals surface area contributed by atoms with Gasteiger partial charge >= 0.3 is 0 Å². The topological polar surface area (TPSA) is 29.3 Å². The van der Waals surface area contributed by atoms with Crippen molar-refractivity contribution in [3.63, 3.8) is 0 Å². The van der Waals surface area contributed by atoms with Crippen molar-refractivity contribution in [2.24, 2.45) is 17.6 Å². The highest BCUT2D eigenvalue weighted by atomic mass is 15.2. The van der Waals surface area contributed by atoms with Crippen LogP contribution in [-0.4, -0.2) is 30.1 Å². The molecule has 98 valence electrons. The minimum absolute atomic E-state index is 0.380. The van der Waals surface area contributed by atoms with Crippen LogP contribution < -0.4 is 5.73 Å². The van der Waals surface area contributed by atoms with Gasteiger partial charge < -0.3 is 5.73 Å². The quantitative estimate of drug-likeness (QED) is 0.816. The Hall–Kier alpha value is -0.0800. The number of hydrogen-bond donors (Lipinski definition) is 1. The molecule has 3 unspecified atom stereocenters. The molecule has 2 N–H and O–H groups in total. The molecule has 3 atom stereocenters. The second-order valence-electron chi connectivity index (χ2n) is 6.79. The van der Waals surface area contributed by atoms with Gasteiger partial charge in [0.25, 0.3) is 0 Å². The first-order valence-electron chi connectivity index (χ1n) is 7.69. The molecule has 0 aromatic heterocycles. The Morgan fingerprint density at radius 2 is 1.88 bits per heavy atom. The van der Waals surface area contributed by atoms with Gasteiger partial charge in [-0.2, -0.15) is 0 Å². The lowest BCUT2D eigenvalue weighted by Gasteiger charge is -2.49. The molecule has 17 heavy (non-hydrogen) atoms. The number of fused-ring (bicyclic) bond motifs is 2. The predicted octanol–water partition coefficient (Wildman–Crippen LogP) is 2.77. The number of hydrogen-bond acceptors (Lipinski definition) is 2. The smallest absolute Gasteiger partial charge is 0.0362 e. The van der Waals surface area contributed by atoms with Gasteiger partial charge in [-0.3, -0.25) is 4.90 Å². The van der Waals surface area contributed by atoms with Crippen LogP contribution in [-0.2, 0) is 0 Å². The van der Waals surface area contributed by atoms with Gasteiger partial charge in [-0.05, 0) is 51.0 Å². The molecule has 3 rings (SSSR count). The number of rotatable bonds is 3. The summed E-state index contributed by atoms with van der Waals surface area (Å²) in [5, 5.41) is 0. The largest absolute Gasteiger partial charge is 0.329 e. The molecule has 3 fully saturated rings. The molecule has 2 nitrogen and oxygen atoms in total. The standard InChI is InChI=1S/C15H28N2/c1-17(14-5-3-2-4-6-14)15(11-16)10-12-7-8-13(15)9-12/h12-14H,2-11,16H2,1H3. The zero-order valence-electron chi connectivity index (χ0n) is 11.3. The van der Waals surface area contributed by atoms with Crippen molar-refractivity contribution in [2.75, 3.05) is 13.6 Å². The average Bonchev–Trinajstić information content (AvgIpc) is 2.99. The van der Waals surface area contributed by atoms with Crippen molar-refractivity contribution >= 4 is 0 Å². The van der Waals surface area contributed by atoms with Gasteiger partial charge in [0.05, 0.1) is 0 Å². The Balaban J connectivity index is 1.75. The van der Waals surface area contributed by atoms with E-state index in [1.165, 1.54) is 57.8 Å². The summed E-state index contributed by atoms with van der Waals surface area (Å²) in [6.45, 7) is 0.890. The first kappa shape index (κ1) is 12.0. The molecule has 0 aromatic rings. The molecule has 3 aliphatic rings. The fraction of sp³-hybridized carbons (Fsp3) is 1.00. The van der Waals surface area contributed by atoms with Crippen molar-refractivity contribution in [1.29, 1.82) is 0 Å². The lowest BCUT2D eigenvalue weighted by molar-refractivity contribution is 0.0155. The third kappa shape index (κ3) is 1.84. The second-order valence-corrected chi connectivity index (χ2v) is 6.79. The minimum atomic E-state index is 0.380. The average molecular weight is 236 g/mol. The number of nitrogens with two attached hydrogens (primary N) is 1. The summed E-state index contributed by atoms with van der Waals surface area (Å²) in [5.74, 6) is 1.90. The summed E-state index contributed by atoms with van der Waals surface area (Å²) < 4.78 is 0. The first-order valence-corrected chi connectivity index (χ1v) is 7.69. The lowest BCUT2D eigenvalue weighted by atomic mass is 9.77. The summed E-state index contributed by atoms with van der Waals surface area (Å²) >= 11 is 0. The molecule has 0 aromatic carbocycles. The molecule has 3 aliphatic carbocycles. The zero-order valence-corrected chi connectivity index (χ0v) is 11.3. The van der Waals surface area contributed by atoms with Crippen LogP contribution >= 0.6 is 0 Å². The van der Waals surface area contributed by atoms with E-state index in [0.29, 0.717) is 5.54 Å². The normalized spacial score (nSPS) is 42.5. The molecular weight excluding hydrogens is 208 g/mol. The fourth-order valence-corrected chi connectivity index (χ4v) is 5.07.